The first-order chi connectivity index (χ1) is 11.7. The Morgan fingerprint density at radius 3 is 2.32 bits per heavy atom. The second kappa shape index (κ2) is 7.49. The van der Waals surface area contributed by atoms with E-state index < -0.39 is 4.92 Å². The lowest BCUT2D eigenvalue weighted by Crippen LogP contribution is -2.10. The molecule has 0 aromatic heterocycles. The maximum atomic E-state index is 12.0. The Morgan fingerprint density at radius 1 is 1.16 bits per heavy atom. The third-order valence-corrected chi connectivity index (χ3v) is 3.94. The zero-order valence-corrected chi connectivity index (χ0v) is 15.0. The number of carbonyl (C=O) groups excluding carboxylic acids is 1. The minimum absolute atomic E-state index is 0.0757. The van der Waals surface area contributed by atoms with Crippen LogP contribution in [-0.4, -0.2) is 10.8 Å². The quantitative estimate of drug-likeness (QED) is 0.464. The van der Waals surface area contributed by atoms with E-state index in [0.29, 0.717) is 5.69 Å². The molecule has 0 saturated heterocycles. The van der Waals surface area contributed by atoms with E-state index in [1.54, 1.807) is 6.08 Å². The van der Waals surface area contributed by atoms with Crippen molar-refractivity contribution in [2.24, 2.45) is 0 Å². The van der Waals surface area contributed by atoms with Gasteiger partial charge in [0.1, 0.15) is 0 Å². The Morgan fingerprint density at radius 2 is 1.80 bits per heavy atom. The second-order valence-corrected chi connectivity index (χ2v) is 7.02. The van der Waals surface area contributed by atoms with Gasteiger partial charge in [0, 0.05) is 18.2 Å². The molecule has 2 aromatic rings. The number of nitrogens with zero attached hydrogens (tertiary/aromatic N) is 1. The van der Waals surface area contributed by atoms with Crippen LogP contribution in [-0.2, 0) is 10.2 Å². The summed E-state index contributed by atoms with van der Waals surface area (Å²) < 4.78 is 0. The number of non-ortho nitro benzene ring substituents is 1. The number of amides is 1. The zero-order valence-electron chi connectivity index (χ0n) is 14.2. The van der Waals surface area contributed by atoms with Gasteiger partial charge in [-0.15, -0.1) is 0 Å². The van der Waals surface area contributed by atoms with Crippen LogP contribution in [0.1, 0.15) is 31.9 Å². The molecule has 0 heterocycles. The smallest absolute Gasteiger partial charge is 0.271 e. The number of rotatable bonds is 4. The number of nitro benzene ring substituents is 1. The molecule has 0 bridgehead atoms. The Hall–Kier alpha value is -2.66. The lowest BCUT2D eigenvalue weighted by Gasteiger charge is -2.18. The maximum Gasteiger partial charge on any atom is 0.271 e. The van der Waals surface area contributed by atoms with Gasteiger partial charge in [0.05, 0.1) is 15.6 Å². The maximum absolute atomic E-state index is 12.0. The third-order valence-electron chi connectivity index (χ3n) is 3.63. The SMILES string of the molecule is CC(C)(C)c1ccc(C=CC(=O)Nc2ccc([N+](=O)[O-])cc2Cl)cc1. The highest BCUT2D eigenvalue weighted by Crippen LogP contribution is 2.26. The zero-order chi connectivity index (χ0) is 18.6. The minimum Gasteiger partial charge on any atom is -0.321 e. The monoisotopic (exact) mass is 358 g/mol. The van der Waals surface area contributed by atoms with E-state index >= 15 is 0 Å². The van der Waals surface area contributed by atoms with Gasteiger partial charge in [-0.1, -0.05) is 56.6 Å². The van der Waals surface area contributed by atoms with E-state index in [4.69, 9.17) is 11.6 Å². The van der Waals surface area contributed by atoms with Crippen LogP contribution in [0.15, 0.2) is 48.5 Å². The van der Waals surface area contributed by atoms with Crippen molar-refractivity contribution >= 4 is 35.0 Å². The van der Waals surface area contributed by atoms with Crippen LogP contribution >= 0.6 is 11.6 Å². The van der Waals surface area contributed by atoms with Crippen LogP contribution < -0.4 is 5.32 Å². The molecule has 0 radical (unpaired) electrons. The van der Waals surface area contributed by atoms with E-state index in [0.717, 1.165) is 5.56 Å². The number of halogens is 1. The highest BCUT2D eigenvalue weighted by atomic mass is 35.5. The molecule has 2 aromatic carbocycles. The fraction of sp³-hybridized carbons (Fsp3) is 0.211. The fourth-order valence-corrected chi connectivity index (χ4v) is 2.38. The Kier molecular flexibility index (Phi) is 5.59. The molecule has 130 valence electrons. The Balaban J connectivity index is 2.05. The lowest BCUT2D eigenvalue weighted by molar-refractivity contribution is -0.384. The van der Waals surface area contributed by atoms with Gasteiger partial charge in [-0.25, -0.2) is 0 Å². The number of nitrogens with one attached hydrogen (secondary N) is 1. The van der Waals surface area contributed by atoms with Gasteiger partial charge < -0.3 is 5.32 Å². The molecule has 5 nitrogen and oxygen atoms in total. The molecule has 0 unspecified atom stereocenters. The normalized spacial score (nSPS) is 11.5. The predicted octanol–water partition coefficient (Wildman–Crippen LogP) is 5.20. The molecule has 25 heavy (non-hydrogen) atoms. The standard InChI is InChI=1S/C19H19ClN2O3/c1-19(2,3)14-7-4-13(5-8-14)6-11-18(23)21-17-10-9-15(22(24)25)12-16(17)20/h4-12H,1-3H3,(H,21,23). The van der Waals surface area contributed by atoms with Crippen molar-refractivity contribution in [3.63, 3.8) is 0 Å². The number of benzene rings is 2. The average Bonchev–Trinajstić information content (AvgIpc) is 2.54. The predicted molar refractivity (Wildman–Crippen MR) is 101 cm³/mol. The number of nitro groups is 1. The highest BCUT2D eigenvalue weighted by molar-refractivity contribution is 6.34. The summed E-state index contributed by atoms with van der Waals surface area (Å²) in [5, 5.41) is 13.4. The molecule has 0 spiro atoms. The van der Waals surface area contributed by atoms with Gasteiger partial charge in [-0.2, -0.15) is 0 Å². The third kappa shape index (κ3) is 5.16. The van der Waals surface area contributed by atoms with Gasteiger partial charge >= 0.3 is 0 Å². The molecule has 0 saturated carbocycles. The van der Waals surface area contributed by atoms with Crippen molar-refractivity contribution in [1.29, 1.82) is 0 Å². The molecule has 6 heteroatoms. The van der Waals surface area contributed by atoms with Crippen LogP contribution in [0.5, 0.6) is 0 Å². The van der Waals surface area contributed by atoms with Crippen LogP contribution in [0.25, 0.3) is 6.08 Å². The Bertz CT molecular complexity index is 822. The van der Waals surface area contributed by atoms with Crippen LogP contribution in [0, 0.1) is 10.1 Å². The van der Waals surface area contributed by atoms with E-state index in [1.165, 1.54) is 29.8 Å². The average molecular weight is 359 g/mol. The number of hydrogen-bond acceptors (Lipinski definition) is 3. The summed E-state index contributed by atoms with van der Waals surface area (Å²) in [4.78, 5) is 22.1. The van der Waals surface area contributed by atoms with E-state index in [-0.39, 0.29) is 22.0 Å². The molecule has 1 amide bonds. The van der Waals surface area contributed by atoms with Gasteiger partial charge in [0.2, 0.25) is 5.91 Å². The molecule has 0 aliphatic rings. The lowest BCUT2D eigenvalue weighted by atomic mass is 9.87. The molecule has 0 atom stereocenters. The molecular weight excluding hydrogens is 340 g/mol. The molecule has 2 rings (SSSR count). The topological polar surface area (TPSA) is 72.2 Å². The molecule has 0 fully saturated rings. The number of anilines is 1. The van der Waals surface area contributed by atoms with Crippen molar-refractivity contribution < 1.29 is 9.72 Å². The fourth-order valence-electron chi connectivity index (χ4n) is 2.16. The first-order valence-corrected chi connectivity index (χ1v) is 8.08. The van der Waals surface area contributed by atoms with Crippen molar-refractivity contribution in [3.8, 4) is 0 Å². The van der Waals surface area contributed by atoms with Gasteiger partial charge in [-0.05, 0) is 28.7 Å². The summed E-state index contributed by atoms with van der Waals surface area (Å²) in [6, 6.07) is 11.9. The molecule has 0 aliphatic heterocycles. The van der Waals surface area contributed by atoms with E-state index in [1.807, 2.05) is 24.3 Å². The minimum atomic E-state index is -0.543. The van der Waals surface area contributed by atoms with Gasteiger partial charge in [-0.3, -0.25) is 14.9 Å². The number of carbonyl (C=O) groups is 1. The summed E-state index contributed by atoms with van der Waals surface area (Å²) in [5.41, 5.74) is 2.39. The summed E-state index contributed by atoms with van der Waals surface area (Å²) in [7, 11) is 0. The van der Waals surface area contributed by atoms with Crippen molar-refractivity contribution in [2.45, 2.75) is 26.2 Å². The van der Waals surface area contributed by atoms with Crippen LogP contribution in [0.4, 0.5) is 11.4 Å². The van der Waals surface area contributed by atoms with E-state index in [9.17, 15) is 14.9 Å². The molecule has 0 aliphatic carbocycles. The Labute approximate surface area is 151 Å². The van der Waals surface area contributed by atoms with Crippen molar-refractivity contribution in [2.75, 3.05) is 5.32 Å². The van der Waals surface area contributed by atoms with Crippen LogP contribution in [0.2, 0.25) is 5.02 Å². The van der Waals surface area contributed by atoms with Gasteiger partial charge in [0.25, 0.3) is 5.69 Å². The summed E-state index contributed by atoms with van der Waals surface area (Å²) in [6.45, 7) is 6.41. The summed E-state index contributed by atoms with van der Waals surface area (Å²) in [6.07, 6.45) is 3.09. The number of hydrogen-bond donors (Lipinski definition) is 1. The molecule has 1 N–H and O–H groups in total. The second-order valence-electron chi connectivity index (χ2n) is 6.62. The van der Waals surface area contributed by atoms with Crippen LogP contribution in [0.3, 0.4) is 0 Å². The first-order valence-electron chi connectivity index (χ1n) is 7.70. The summed E-state index contributed by atoms with van der Waals surface area (Å²) >= 11 is 5.95. The van der Waals surface area contributed by atoms with Crippen molar-refractivity contribution in [3.05, 3.63) is 74.8 Å². The first kappa shape index (κ1) is 18.7. The van der Waals surface area contributed by atoms with Crippen molar-refractivity contribution in [1.82, 2.24) is 0 Å². The highest BCUT2D eigenvalue weighted by Gasteiger charge is 2.13. The van der Waals surface area contributed by atoms with E-state index in [2.05, 4.69) is 26.1 Å². The van der Waals surface area contributed by atoms with Gasteiger partial charge in [0.15, 0.2) is 0 Å². The largest absolute Gasteiger partial charge is 0.321 e. The summed E-state index contributed by atoms with van der Waals surface area (Å²) in [5.74, 6) is -0.365. The molecular formula is C19H19ClN2O3.